The maximum Gasteiger partial charge on any atom is 0.241 e. The highest BCUT2D eigenvalue weighted by Gasteiger charge is 2.23. The van der Waals surface area contributed by atoms with Gasteiger partial charge in [-0.3, -0.25) is 4.98 Å². The number of aryl methyl sites for hydroxylation is 1. The smallest absolute Gasteiger partial charge is 0.241 e. The molecule has 1 atom stereocenters. The van der Waals surface area contributed by atoms with E-state index in [0.29, 0.717) is 17.1 Å². The number of methoxy groups -OCH3 is 2. The summed E-state index contributed by atoms with van der Waals surface area (Å²) in [5.41, 5.74) is 1.36. The lowest BCUT2D eigenvalue weighted by molar-refractivity contribution is 0.353. The van der Waals surface area contributed by atoms with E-state index in [0.717, 1.165) is 5.56 Å². The van der Waals surface area contributed by atoms with Crippen molar-refractivity contribution in [3.63, 3.8) is 0 Å². The molecule has 0 amide bonds. The molecule has 0 saturated heterocycles. The Balaban J connectivity index is 2.36. The minimum atomic E-state index is -3.71. The molecule has 0 bridgehead atoms. The van der Waals surface area contributed by atoms with E-state index in [2.05, 4.69) is 9.71 Å². The maximum absolute atomic E-state index is 12.7. The van der Waals surface area contributed by atoms with Crippen molar-refractivity contribution >= 4 is 10.0 Å². The summed E-state index contributed by atoms with van der Waals surface area (Å²) in [6.07, 6.45) is 3.28. The molecule has 1 heterocycles. The van der Waals surface area contributed by atoms with Gasteiger partial charge in [0, 0.05) is 24.5 Å². The van der Waals surface area contributed by atoms with Gasteiger partial charge in [-0.25, -0.2) is 13.1 Å². The first-order valence-corrected chi connectivity index (χ1v) is 8.52. The molecule has 1 unspecified atom stereocenters. The summed E-state index contributed by atoms with van der Waals surface area (Å²) in [4.78, 5) is 4.16. The van der Waals surface area contributed by atoms with Crippen LogP contribution in [0.5, 0.6) is 11.5 Å². The van der Waals surface area contributed by atoms with Crippen LogP contribution in [0.3, 0.4) is 0 Å². The minimum Gasteiger partial charge on any atom is -0.493 e. The predicted octanol–water partition coefficient (Wildman–Crippen LogP) is 2.45. The van der Waals surface area contributed by atoms with Crippen molar-refractivity contribution in [2.45, 2.75) is 24.8 Å². The number of rotatable bonds is 6. The van der Waals surface area contributed by atoms with E-state index in [9.17, 15) is 8.42 Å². The Morgan fingerprint density at radius 2 is 1.83 bits per heavy atom. The zero-order valence-electron chi connectivity index (χ0n) is 13.5. The first-order chi connectivity index (χ1) is 10.9. The second-order valence-corrected chi connectivity index (χ2v) is 6.78. The summed E-state index contributed by atoms with van der Waals surface area (Å²) >= 11 is 0. The van der Waals surface area contributed by atoms with Gasteiger partial charge in [0.2, 0.25) is 10.0 Å². The van der Waals surface area contributed by atoms with Crippen LogP contribution in [0.4, 0.5) is 0 Å². The molecule has 0 radical (unpaired) electrons. The molecule has 1 aromatic carbocycles. The monoisotopic (exact) mass is 336 g/mol. The average Bonchev–Trinajstić information content (AvgIpc) is 2.54. The van der Waals surface area contributed by atoms with Gasteiger partial charge in [-0.2, -0.15) is 0 Å². The quantitative estimate of drug-likeness (QED) is 0.877. The Labute approximate surface area is 136 Å². The summed E-state index contributed by atoms with van der Waals surface area (Å²) in [7, 11) is -0.734. The molecule has 0 aliphatic heterocycles. The Morgan fingerprint density at radius 3 is 2.39 bits per heavy atom. The first-order valence-electron chi connectivity index (χ1n) is 7.04. The summed E-state index contributed by atoms with van der Waals surface area (Å²) in [5.74, 6) is 0.858. The van der Waals surface area contributed by atoms with Crippen LogP contribution in [0.1, 0.15) is 24.1 Å². The molecule has 6 nitrogen and oxygen atoms in total. The topological polar surface area (TPSA) is 77.5 Å². The van der Waals surface area contributed by atoms with Crippen LogP contribution >= 0.6 is 0 Å². The fourth-order valence-corrected chi connectivity index (χ4v) is 3.72. The van der Waals surface area contributed by atoms with Gasteiger partial charge in [-0.05, 0) is 37.1 Å². The van der Waals surface area contributed by atoms with E-state index in [-0.39, 0.29) is 4.90 Å². The minimum absolute atomic E-state index is 0.158. The van der Waals surface area contributed by atoms with Crippen LogP contribution < -0.4 is 14.2 Å². The predicted molar refractivity (Wildman–Crippen MR) is 87.3 cm³/mol. The zero-order valence-corrected chi connectivity index (χ0v) is 14.3. The lowest BCUT2D eigenvalue weighted by Gasteiger charge is -2.17. The molecule has 0 aliphatic carbocycles. The molecular weight excluding hydrogens is 316 g/mol. The van der Waals surface area contributed by atoms with Gasteiger partial charge in [-0.15, -0.1) is 0 Å². The number of hydrogen-bond donors (Lipinski definition) is 1. The summed E-state index contributed by atoms with van der Waals surface area (Å²) in [6.45, 7) is 3.48. The number of aromatic nitrogens is 1. The van der Waals surface area contributed by atoms with Crippen LogP contribution in [0.2, 0.25) is 0 Å². The van der Waals surface area contributed by atoms with Crippen LogP contribution in [0, 0.1) is 6.92 Å². The van der Waals surface area contributed by atoms with Crippen LogP contribution in [0.25, 0.3) is 0 Å². The lowest BCUT2D eigenvalue weighted by atomic mass is 10.2. The van der Waals surface area contributed by atoms with E-state index >= 15 is 0 Å². The number of benzene rings is 1. The molecule has 1 N–H and O–H groups in total. The van der Waals surface area contributed by atoms with Gasteiger partial charge in [0.15, 0.2) is 11.5 Å². The first kappa shape index (κ1) is 17.2. The van der Waals surface area contributed by atoms with Gasteiger partial charge in [0.05, 0.1) is 19.1 Å². The Bertz CT molecular complexity index is 776. The van der Waals surface area contributed by atoms with Crippen molar-refractivity contribution in [3.8, 4) is 11.5 Å². The third-order valence-electron chi connectivity index (χ3n) is 3.49. The van der Waals surface area contributed by atoms with Gasteiger partial charge in [0.1, 0.15) is 0 Å². The molecule has 7 heteroatoms. The van der Waals surface area contributed by atoms with E-state index in [4.69, 9.17) is 9.47 Å². The second kappa shape index (κ2) is 6.97. The van der Waals surface area contributed by atoms with E-state index in [1.807, 2.05) is 6.07 Å². The van der Waals surface area contributed by atoms with Gasteiger partial charge in [-0.1, -0.05) is 6.07 Å². The fraction of sp³-hybridized carbons (Fsp3) is 0.312. The Morgan fingerprint density at radius 1 is 1.17 bits per heavy atom. The fourth-order valence-electron chi connectivity index (χ4n) is 2.25. The van der Waals surface area contributed by atoms with E-state index in [1.54, 1.807) is 38.4 Å². The number of ether oxygens (including phenoxy) is 2. The highest BCUT2D eigenvalue weighted by molar-refractivity contribution is 7.89. The normalized spacial score (nSPS) is 12.7. The summed E-state index contributed by atoms with van der Waals surface area (Å²) < 4.78 is 38.4. The number of sulfonamides is 1. The summed E-state index contributed by atoms with van der Waals surface area (Å²) in [5, 5.41) is 0. The van der Waals surface area contributed by atoms with Crippen molar-refractivity contribution in [2.24, 2.45) is 0 Å². The highest BCUT2D eigenvalue weighted by atomic mass is 32.2. The zero-order chi connectivity index (χ0) is 17.0. The number of hydrogen-bond acceptors (Lipinski definition) is 5. The Kier molecular flexibility index (Phi) is 5.23. The van der Waals surface area contributed by atoms with Gasteiger partial charge in [0.25, 0.3) is 0 Å². The molecule has 0 fully saturated rings. The van der Waals surface area contributed by atoms with Crippen LogP contribution in [0.15, 0.2) is 41.6 Å². The Hall–Kier alpha value is -2.12. The molecule has 0 aliphatic rings. The van der Waals surface area contributed by atoms with Crippen LogP contribution in [-0.2, 0) is 10.0 Å². The molecule has 2 rings (SSSR count). The van der Waals surface area contributed by atoms with Crippen LogP contribution in [-0.4, -0.2) is 27.6 Å². The van der Waals surface area contributed by atoms with Crippen molar-refractivity contribution in [1.29, 1.82) is 0 Å². The van der Waals surface area contributed by atoms with Crippen molar-refractivity contribution in [1.82, 2.24) is 9.71 Å². The third-order valence-corrected chi connectivity index (χ3v) is 5.17. The highest BCUT2D eigenvalue weighted by Crippen LogP contribution is 2.32. The number of nitrogens with one attached hydrogen (secondary N) is 1. The maximum atomic E-state index is 12.7. The standard InChI is InChI=1S/C16H20N2O4S/c1-11-8-14(21-3)15(22-4)9-16(11)23(19,20)18-12(2)13-6-5-7-17-10-13/h5-10,12,18H,1-4H3. The molecule has 1 aromatic heterocycles. The molecule has 23 heavy (non-hydrogen) atoms. The number of pyridine rings is 1. The number of nitrogens with zero attached hydrogens (tertiary/aromatic N) is 1. The molecule has 2 aromatic rings. The van der Waals surface area contributed by atoms with Crippen molar-refractivity contribution in [2.75, 3.05) is 14.2 Å². The largest absolute Gasteiger partial charge is 0.493 e. The molecule has 0 saturated carbocycles. The summed E-state index contributed by atoms with van der Waals surface area (Å²) in [6, 6.07) is 6.29. The lowest BCUT2D eigenvalue weighted by Crippen LogP contribution is -2.27. The molecular formula is C16H20N2O4S. The van der Waals surface area contributed by atoms with Crippen molar-refractivity contribution in [3.05, 3.63) is 47.8 Å². The third kappa shape index (κ3) is 3.80. The molecule has 124 valence electrons. The van der Waals surface area contributed by atoms with E-state index in [1.165, 1.54) is 20.3 Å². The molecule has 0 spiro atoms. The average molecular weight is 336 g/mol. The van der Waals surface area contributed by atoms with E-state index < -0.39 is 16.1 Å². The van der Waals surface area contributed by atoms with Gasteiger partial charge < -0.3 is 9.47 Å². The second-order valence-electron chi connectivity index (χ2n) is 5.10. The van der Waals surface area contributed by atoms with Gasteiger partial charge >= 0.3 is 0 Å². The SMILES string of the molecule is COc1cc(C)c(S(=O)(=O)NC(C)c2cccnc2)cc1OC. The van der Waals surface area contributed by atoms with Crippen molar-refractivity contribution < 1.29 is 17.9 Å².